The zero-order chi connectivity index (χ0) is 16.7. The van der Waals surface area contributed by atoms with Gasteiger partial charge in [-0.1, -0.05) is 36.7 Å². The van der Waals surface area contributed by atoms with E-state index in [0.29, 0.717) is 26.2 Å². The number of aliphatic hydroxyl groups excluding tert-OH is 1. The van der Waals surface area contributed by atoms with E-state index >= 15 is 0 Å². The van der Waals surface area contributed by atoms with Crippen molar-refractivity contribution in [1.82, 2.24) is 10.6 Å². The van der Waals surface area contributed by atoms with E-state index in [9.17, 15) is 9.90 Å². The van der Waals surface area contributed by atoms with Crippen molar-refractivity contribution < 1.29 is 14.6 Å². The first-order valence-corrected chi connectivity index (χ1v) is 8.47. The highest BCUT2D eigenvalue weighted by Gasteiger charge is 2.36. The molecule has 0 aliphatic carbocycles. The van der Waals surface area contributed by atoms with E-state index in [1.165, 1.54) is 0 Å². The van der Waals surface area contributed by atoms with Crippen LogP contribution in [0.2, 0.25) is 5.02 Å². The van der Waals surface area contributed by atoms with Crippen LogP contribution in [0.4, 0.5) is 4.79 Å². The van der Waals surface area contributed by atoms with Gasteiger partial charge in [0.15, 0.2) is 0 Å². The van der Waals surface area contributed by atoms with Crippen LogP contribution in [0.1, 0.15) is 31.7 Å². The maximum Gasteiger partial charge on any atom is 0.315 e. The quantitative estimate of drug-likeness (QED) is 0.745. The summed E-state index contributed by atoms with van der Waals surface area (Å²) in [5.41, 5.74) is 0.842. The summed E-state index contributed by atoms with van der Waals surface area (Å²) in [5.74, 6) is 0. The Labute approximate surface area is 142 Å². The minimum absolute atomic E-state index is 0.0621. The van der Waals surface area contributed by atoms with Crippen LogP contribution in [-0.4, -0.2) is 43.5 Å². The van der Waals surface area contributed by atoms with Crippen LogP contribution < -0.4 is 10.6 Å². The SMILES string of the molecule is CCC(CO)NC(=O)NCC1(c2ccccc2Cl)CCOCC1. The van der Waals surface area contributed by atoms with Gasteiger partial charge in [-0.3, -0.25) is 0 Å². The highest BCUT2D eigenvalue weighted by molar-refractivity contribution is 6.31. The molecule has 0 bridgehead atoms. The van der Waals surface area contributed by atoms with Crippen molar-refractivity contribution in [2.24, 2.45) is 0 Å². The van der Waals surface area contributed by atoms with E-state index in [1.54, 1.807) is 0 Å². The van der Waals surface area contributed by atoms with Crippen LogP contribution in [0.15, 0.2) is 24.3 Å². The summed E-state index contributed by atoms with van der Waals surface area (Å²) in [6.07, 6.45) is 2.32. The summed E-state index contributed by atoms with van der Waals surface area (Å²) in [6.45, 7) is 3.66. The first-order chi connectivity index (χ1) is 11.1. The fraction of sp³-hybridized carbons (Fsp3) is 0.588. The molecule has 1 aromatic carbocycles. The Morgan fingerprint density at radius 2 is 2.09 bits per heavy atom. The molecule has 2 amide bonds. The Morgan fingerprint density at radius 1 is 1.39 bits per heavy atom. The molecule has 1 aliphatic rings. The van der Waals surface area contributed by atoms with E-state index in [-0.39, 0.29) is 24.1 Å². The van der Waals surface area contributed by atoms with Crippen LogP contribution in [0.25, 0.3) is 0 Å². The summed E-state index contributed by atoms with van der Waals surface area (Å²) in [4.78, 5) is 12.1. The summed E-state index contributed by atoms with van der Waals surface area (Å²) in [5, 5.41) is 15.6. The number of nitrogens with one attached hydrogen (secondary N) is 2. The molecule has 23 heavy (non-hydrogen) atoms. The molecule has 2 rings (SSSR count). The standard InChI is InChI=1S/C17H25ClN2O3/c1-2-13(11-21)20-16(22)19-12-17(7-9-23-10-8-17)14-5-3-4-6-15(14)18/h3-6,13,21H,2,7-12H2,1H3,(H2,19,20,22). The number of ether oxygens (including phenoxy) is 1. The van der Waals surface area contributed by atoms with E-state index < -0.39 is 0 Å². The number of carbonyl (C=O) groups is 1. The predicted octanol–water partition coefficient (Wildman–Crippen LogP) is 2.46. The van der Waals surface area contributed by atoms with Crippen molar-refractivity contribution in [3.63, 3.8) is 0 Å². The van der Waals surface area contributed by atoms with Crippen LogP contribution in [-0.2, 0) is 10.2 Å². The lowest BCUT2D eigenvalue weighted by Gasteiger charge is -2.38. The van der Waals surface area contributed by atoms with Crippen molar-refractivity contribution >= 4 is 17.6 Å². The van der Waals surface area contributed by atoms with Gasteiger partial charge in [0, 0.05) is 30.2 Å². The molecule has 1 aliphatic heterocycles. The zero-order valence-corrected chi connectivity index (χ0v) is 14.2. The van der Waals surface area contributed by atoms with Crippen LogP contribution in [0.5, 0.6) is 0 Å². The Balaban J connectivity index is 2.08. The van der Waals surface area contributed by atoms with Gasteiger partial charge in [-0.25, -0.2) is 4.79 Å². The Morgan fingerprint density at radius 3 is 2.70 bits per heavy atom. The zero-order valence-electron chi connectivity index (χ0n) is 13.5. The van der Waals surface area contributed by atoms with Gasteiger partial charge >= 0.3 is 6.03 Å². The minimum Gasteiger partial charge on any atom is -0.394 e. The molecule has 6 heteroatoms. The molecule has 0 aromatic heterocycles. The van der Waals surface area contributed by atoms with Crippen molar-refractivity contribution in [3.05, 3.63) is 34.9 Å². The maximum atomic E-state index is 12.1. The monoisotopic (exact) mass is 340 g/mol. The number of urea groups is 1. The maximum absolute atomic E-state index is 12.1. The van der Waals surface area contributed by atoms with E-state index in [0.717, 1.165) is 23.4 Å². The summed E-state index contributed by atoms with van der Waals surface area (Å²) >= 11 is 6.39. The largest absolute Gasteiger partial charge is 0.394 e. The Bertz CT molecular complexity index is 514. The van der Waals surface area contributed by atoms with Gasteiger partial charge in [0.1, 0.15) is 0 Å². The van der Waals surface area contributed by atoms with Crippen LogP contribution in [0, 0.1) is 0 Å². The number of aliphatic hydroxyl groups is 1. The first-order valence-electron chi connectivity index (χ1n) is 8.09. The molecule has 1 unspecified atom stereocenters. The fourth-order valence-electron chi connectivity index (χ4n) is 2.96. The van der Waals surface area contributed by atoms with Gasteiger partial charge in [0.2, 0.25) is 0 Å². The molecule has 1 aromatic rings. The summed E-state index contributed by atoms with van der Waals surface area (Å²) in [7, 11) is 0. The Kier molecular flexibility index (Phi) is 6.69. The molecule has 1 heterocycles. The number of carbonyl (C=O) groups excluding carboxylic acids is 1. The third-order valence-corrected chi connectivity index (χ3v) is 4.86. The molecule has 0 spiro atoms. The van der Waals surface area contributed by atoms with Gasteiger partial charge in [0.25, 0.3) is 0 Å². The van der Waals surface area contributed by atoms with Crippen molar-refractivity contribution in [1.29, 1.82) is 0 Å². The number of halogens is 1. The third-order valence-electron chi connectivity index (χ3n) is 4.53. The number of hydrogen-bond donors (Lipinski definition) is 3. The Hall–Kier alpha value is -1.30. The van der Waals surface area contributed by atoms with Gasteiger partial charge < -0.3 is 20.5 Å². The number of hydrogen-bond acceptors (Lipinski definition) is 3. The molecular formula is C17H25ClN2O3. The van der Waals surface area contributed by atoms with Gasteiger partial charge in [-0.2, -0.15) is 0 Å². The summed E-state index contributed by atoms with van der Waals surface area (Å²) in [6, 6.07) is 7.30. The molecule has 0 saturated carbocycles. The topological polar surface area (TPSA) is 70.6 Å². The molecule has 0 radical (unpaired) electrons. The molecule has 5 nitrogen and oxygen atoms in total. The molecule has 128 valence electrons. The van der Waals surface area contributed by atoms with Crippen molar-refractivity contribution in [2.75, 3.05) is 26.4 Å². The fourth-order valence-corrected chi connectivity index (χ4v) is 3.29. The highest BCUT2D eigenvalue weighted by atomic mass is 35.5. The van der Waals surface area contributed by atoms with Crippen molar-refractivity contribution in [3.8, 4) is 0 Å². The molecular weight excluding hydrogens is 316 g/mol. The summed E-state index contributed by atoms with van der Waals surface area (Å²) < 4.78 is 5.49. The molecule has 3 N–H and O–H groups in total. The number of amides is 2. The smallest absolute Gasteiger partial charge is 0.315 e. The second-order valence-corrected chi connectivity index (χ2v) is 6.39. The second-order valence-electron chi connectivity index (χ2n) is 5.99. The second kappa shape index (κ2) is 8.52. The lowest BCUT2D eigenvalue weighted by Crippen LogP contribution is -2.50. The minimum atomic E-state index is -0.260. The van der Waals surface area contributed by atoms with Crippen molar-refractivity contribution in [2.45, 2.75) is 37.6 Å². The van der Waals surface area contributed by atoms with E-state index in [4.69, 9.17) is 16.3 Å². The average molecular weight is 341 g/mol. The highest BCUT2D eigenvalue weighted by Crippen LogP contribution is 2.38. The normalized spacial score (nSPS) is 18.2. The molecule has 1 fully saturated rings. The third kappa shape index (κ3) is 4.59. The van der Waals surface area contributed by atoms with Crippen LogP contribution >= 0.6 is 11.6 Å². The lowest BCUT2D eigenvalue weighted by atomic mass is 9.74. The van der Waals surface area contributed by atoms with Gasteiger partial charge in [-0.05, 0) is 30.9 Å². The first kappa shape index (κ1) is 18.0. The van der Waals surface area contributed by atoms with E-state index in [2.05, 4.69) is 10.6 Å². The average Bonchev–Trinajstić information content (AvgIpc) is 2.59. The predicted molar refractivity (Wildman–Crippen MR) is 90.9 cm³/mol. The number of benzene rings is 1. The lowest BCUT2D eigenvalue weighted by molar-refractivity contribution is 0.0506. The van der Waals surface area contributed by atoms with E-state index in [1.807, 2.05) is 31.2 Å². The molecule has 1 atom stereocenters. The van der Waals surface area contributed by atoms with Crippen LogP contribution in [0.3, 0.4) is 0 Å². The van der Waals surface area contributed by atoms with Gasteiger partial charge in [-0.15, -0.1) is 0 Å². The molecule has 1 saturated heterocycles. The van der Waals surface area contributed by atoms with Gasteiger partial charge in [0.05, 0.1) is 12.6 Å². The number of rotatable bonds is 6.